The van der Waals surface area contributed by atoms with Gasteiger partial charge in [-0.25, -0.2) is 0 Å². The lowest BCUT2D eigenvalue weighted by Gasteiger charge is -2.22. The van der Waals surface area contributed by atoms with Crippen molar-refractivity contribution >= 4 is 40.4 Å². The highest BCUT2D eigenvalue weighted by Crippen LogP contribution is 2.36. The van der Waals surface area contributed by atoms with E-state index < -0.39 is 0 Å². The zero-order chi connectivity index (χ0) is 21.4. The van der Waals surface area contributed by atoms with E-state index in [4.69, 9.17) is 21.1 Å². The van der Waals surface area contributed by atoms with E-state index in [-0.39, 0.29) is 29.7 Å². The third kappa shape index (κ3) is 3.94. The van der Waals surface area contributed by atoms with E-state index in [1.165, 1.54) is 11.3 Å². The molecule has 2 amide bonds. The first-order chi connectivity index (χ1) is 15.1. The Morgan fingerprint density at radius 2 is 2.00 bits per heavy atom. The lowest BCUT2D eigenvalue weighted by Crippen LogP contribution is -2.30. The fraction of sp³-hybridized carbons (Fsp3) is 0.238. The molecule has 31 heavy (non-hydrogen) atoms. The van der Waals surface area contributed by atoms with E-state index in [1.54, 1.807) is 47.4 Å². The molecular formula is C21H17ClN4O4S. The van der Waals surface area contributed by atoms with Crippen LogP contribution in [0.4, 0.5) is 5.69 Å². The number of anilines is 1. The number of rotatable bonds is 4. The first-order valence-electron chi connectivity index (χ1n) is 9.69. The van der Waals surface area contributed by atoms with Gasteiger partial charge in [0.25, 0.3) is 11.8 Å². The molecule has 10 heteroatoms. The molecule has 2 aliphatic rings. The molecule has 1 N–H and O–H groups in total. The molecule has 5 rings (SSSR count). The summed E-state index contributed by atoms with van der Waals surface area (Å²) < 4.78 is 10.6. The average Bonchev–Trinajstić information content (AvgIpc) is 3.52. The van der Waals surface area contributed by atoms with Crippen molar-refractivity contribution in [3.63, 3.8) is 0 Å². The summed E-state index contributed by atoms with van der Waals surface area (Å²) >= 11 is 7.23. The number of fused-ring (bicyclic) bond motifs is 1. The molecule has 8 nitrogen and oxygen atoms in total. The zero-order valence-corrected chi connectivity index (χ0v) is 17.8. The monoisotopic (exact) mass is 456 g/mol. The van der Waals surface area contributed by atoms with Crippen molar-refractivity contribution in [3.05, 3.63) is 63.1 Å². The Labute approximate surface area is 186 Å². The van der Waals surface area contributed by atoms with Crippen molar-refractivity contribution in [1.82, 2.24) is 15.1 Å². The van der Waals surface area contributed by atoms with E-state index in [1.807, 2.05) is 0 Å². The second-order valence-electron chi connectivity index (χ2n) is 7.13. The summed E-state index contributed by atoms with van der Waals surface area (Å²) in [5.74, 6) is 0.749. The Balaban J connectivity index is 1.31. The van der Waals surface area contributed by atoms with Crippen LogP contribution in [-0.4, -0.2) is 40.2 Å². The van der Waals surface area contributed by atoms with Crippen LogP contribution in [0, 0.1) is 0 Å². The minimum absolute atomic E-state index is 0.105. The van der Waals surface area contributed by atoms with Crippen LogP contribution >= 0.6 is 22.9 Å². The first kappa shape index (κ1) is 19.8. The third-order valence-corrected chi connectivity index (χ3v) is 6.39. The highest BCUT2D eigenvalue weighted by Gasteiger charge is 2.33. The Kier molecular flexibility index (Phi) is 5.21. The largest absolute Gasteiger partial charge is 0.454 e. The summed E-state index contributed by atoms with van der Waals surface area (Å²) in [7, 11) is 0. The van der Waals surface area contributed by atoms with Crippen molar-refractivity contribution in [2.45, 2.75) is 18.9 Å². The van der Waals surface area contributed by atoms with Gasteiger partial charge in [-0.05, 0) is 43.2 Å². The van der Waals surface area contributed by atoms with Crippen LogP contribution in [0.25, 0.3) is 0 Å². The van der Waals surface area contributed by atoms with Crippen LogP contribution in [0.5, 0.6) is 11.5 Å². The quantitative estimate of drug-likeness (QED) is 0.633. The van der Waals surface area contributed by atoms with E-state index in [0.29, 0.717) is 39.3 Å². The maximum atomic E-state index is 13.0. The van der Waals surface area contributed by atoms with E-state index in [2.05, 4.69) is 15.5 Å². The van der Waals surface area contributed by atoms with Gasteiger partial charge in [0.1, 0.15) is 5.01 Å². The van der Waals surface area contributed by atoms with Gasteiger partial charge in [0, 0.05) is 28.9 Å². The Hall–Kier alpha value is -3.17. The summed E-state index contributed by atoms with van der Waals surface area (Å²) in [5, 5.41) is 12.4. The van der Waals surface area contributed by atoms with Crippen LogP contribution < -0.4 is 14.8 Å². The van der Waals surface area contributed by atoms with Gasteiger partial charge >= 0.3 is 0 Å². The van der Waals surface area contributed by atoms with Gasteiger partial charge in [0.15, 0.2) is 11.5 Å². The highest BCUT2D eigenvalue weighted by atomic mass is 35.5. The number of nitrogens with one attached hydrogen (secondary N) is 1. The van der Waals surface area contributed by atoms with E-state index in [0.717, 1.165) is 12.8 Å². The molecule has 1 saturated heterocycles. The van der Waals surface area contributed by atoms with Gasteiger partial charge < -0.3 is 19.7 Å². The molecule has 158 valence electrons. The van der Waals surface area contributed by atoms with Crippen LogP contribution in [0.2, 0.25) is 5.02 Å². The SMILES string of the molecule is O=C(Nc1ccc2c(c1)OCO2)c1nnc([C@H]2CCCN2C(=O)c2cccc(Cl)c2)s1. The number of hydrogen-bond acceptors (Lipinski definition) is 7. The summed E-state index contributed by atoms with van der Waals surface area (Å²) in [5.41, 5.74) is 1.11. The average molecular weight is 457 g/mol. The number of carbonyl (C=O) groups is 2. The lowest BCUT2D eigenvalue weighted by molar-refractivity contribution is 0.0735. The summed E-state index contributed by atoms with van der Waals surface area (Å²) in [6, 6.07) is 11.8. The molecule has 1 atom stereocenters. The van der Waals surface area contributed by atoms with Crippen LogP contribution in [0.15, 0.2) is 42.5 Å². The van der Waals surface area contributed by atoms with Crippen LogP contribution in [0.1, 0.15) is 44.1 Å². The molecule has 3 aromatic rings. The van der Waals surface area contributed by atoms with Crippen molar-refractivity contribution in [2.24, 2.45) is 0 Å². The number of aromatic nitrogens is 2. The second kappa shape index (κ2) is 8.16. The molecule has 0 saturated carbocycles. The topological polar surface area (TPSA) is 93.7 Å². The number of carbonyl (C=O) groups excluding carboxylic acids is 2. The third-order valence-electron chi connectivity index (χ3n) is 5.14. The lowest BCUT2D eigenvalue weighted by atomic mass is 10.1. The Bertz CT molecular complexity index is 1170. The van der Waals surface area contributed by atoms with Crippen molar-refractivity contribution < 1.29 is 19.1 Å². The van der Waals surface area contributed by atoms with Gasteiger partial charge in [0.05, 0.1) is 6.04 Å². The number of likely N-dealkylation sites (tertiary alicyclic amines) is 1. The number of hydrogen-bond donors (Lipinski definition) is 1. The predicted molar refractivity (Wildman–Crippen MR) is 115 cm³/mol. The minimum atomic E-state index is -0.367. The highest BCUT2D eigenvalue weighted by molar-refractivity contribution is 7.13. The number of amides is 2. The van der Waals surface area contributed by atoms with Gasteiger partial charge in [-0.15, -0.1) is 10.2 Å². The number of halogens is 1. The van der Waals surface area contributed by atoms with E-state index >= 15 is 0 Å². The molecule has 3 heterocycles. The first-order valence-corrected chi connectivity index (χ1v) is 10.9. The van der Waals surface area contributed by atoms with Crippen molar-refractivity contribution in [1.29, 1.82) is 0 Å². The Morgan fingerprint density at radius 1 is 1.13 bits per heavy atom. The van der Waals surface area contributed by atoms with Gasteiger partial charge in [-0.2, -0.15) is 0 Å². The minimum Gasteiger partial charge on any atom is -0.454 e. The number of benzene rings is 2. The second-order valence-corrected chi connectivity index (χ2v) is 8.58. The van der Waals surface area contributed by atoms with E-state index in [9.17, 15) is 9.59 Å². The zero-order valence-electron chi connectivity index (χ0n) is 16.2. The fourth-order valence-electron chi connectivity index (χ4n) is 3.67. The number of nitrogens with zero attached hydrogens (tertiary/aromatic N) is 3. The normalized spacial score (nSPS) is 17.1. The van der Waals surface area contributed by atoms with Gasteiger partial charge in [-0.3, -0.25) is 9.59 Å². The molecule has 0 radical (unpaired) electrons. The molecule has 2 aliphatic heterocycles. The van der Waals surface area contributed by atoms with Crippen LogP contribution in [-0.2, 0) is 0 Å². The molecular weight excluding hydrogens is 440 g/mol. The number of ether oxygens (including phenoxy) is 2. The molecule has 0 bridgehead atoms. The molecule has 2 aromatic carbocycles. The maximum absolute atomic E-state index is 13.0. The van der Waals surface area contributed by atoms with Gasteiger partial charge in [0.2, 0.25) is 11.8 Å². The standard InChI is InChI=1S/C21H17ClN4O4S/c22-13-4-1-3-12(9-13)21(28)26-8-2-5-15(26)19-24-25-20(31-19)18(27)23-14-6-7-16-17(10-14)30-11-29-16/h1,3-4,6-7,9-10,15H,2,5,8,11H2,(H,23,27)/t15-/m1/s1. The summed E-state index contributed by atoms with van der Waals surface area (Å²) in [4.78, 5) is 27.4. The predicted octanol–water partition coefficient (Wildman–Crippen LogP) is 4.15. The Morgan fingerprint density at radius 3 is 2.87 bits per heavy atom. The smallest absolute Gasteiger partial charge is 0.286 e. The summed E-state index contributed by atoms with van der Waals surface area (Å²) in [6.07, 6.45) is 1.62. The van der Waals surface area contributed by atoms with Crippen molar-refractivity contribution in [2.75, 3.05) is 18.7 Å². The molecule has 1 aromatic heterocycles. The molecule has 1 fully saturated rings. The molecule has 0 spiro atoms. The fourth-order valence-corrected chi connectivity index (χ4v) is 4.75. The molecule has 0 unspecified atom stereocenters. The van der Waals surface area contributed by atoms with Crippen LogP contribution in [0.3, 0.4) is 0 Å². The van der Waals surface area contributed by atoms with Crippen molar-refractivity contribution in [3.8, 4) is 11.5 Å². The molecule has 0 aliphatic carbocycles. The van der Waals surface area contributed by atoms with Gasteiger partial charge in [-0.1, -0.05) is 29.0 Å². The summed E-state index contributed by atoms with van der Waals surface area (Å²) in [6.45, 7) is 0.784. The maximum Gasteiger partial charge on any atom is 0.286 e.